The minimum Gasteiger partial charge on any atom is -0.466 e. The molecule has 5 nitrogen and oxygen atoms in total. The number of ether oxygens (including phenoxy) is 1. The fraction of sp³-hybridized carbons (Fsp3) is 0.455. The first-order valence-electron chi connectivity index (χ1n) is 5.26. The van der Waals surface area contributed by atoms with Crippen molar-refractivity contribution in [2.24, 2.45) is 0 Å². The van der Waals surface area contributed by atoms with Crippen LogP contribution in [0.1, 0.15) is 18.9 Å². The monoisotopic (exact) mass is 224 g/mol. The largest absolute Gasteiger partial charge is 0.466 e. The highest BCUT2D eigenvalue weighted by Crippen LogP contribution is 1.96. The Morgan fingerprint density at radius 3 is 2.94 bits per heavy atom. The summed E-state index contributed by atoms with van der Waals surface area (Å²) in [5.41, 5.74) is 1.12. The van der Waals surface area contributed by atoms with E-state index in [9.17, 15) is 9.59 Å². The number of aromatic nitrogens is 1. The second-order valence-corrected chi connectivity index (χ2v) is 3.30. The van der Waals surface area contributed by atoms with Crippen LogP contribution in [0, 0.1) is 0 Å². The molecule has 1 aromatic rings. The van der Waals surface area contributed by atoms with Crippen LogP contribution in [-0.4, -0.2) is 30.0 Å². The number of esters is 1. The van der Waals surface area contributed by atoms with E-state index in [1.807, 2.05) is 18.5 Å². The number of carbonyl (C=O) groups is 2. The number of amides is 1. The molecule has 88 valence electrons. The lowest BCUT2D eigenvalue weighted by atomic mass is 10.2. The predicted octanol–water partition coefficient (Wildman–Crippen LogP) is 0.627. The van der Waals surface area contributed by atoms with E-state index >= 15 is 0 Å². The zero-order valence-corrected chi connectivity index (χ0v) is 9.29. The predicted molar refractivity (Wildman–Crippen MR) is 58.8 cm³/mol. The Hall–Kier alpha value is -1.78. The van der Waals surface area contributed by atoms with Crippen LogP contribution in [0.3, 0.4) is 0 Å². The summed E-state index contributed by atoms with van der Waals surface area (Å²) < 4.78 is 4.66. The van der Waals surface area contributed by atoms with E-state index in [-0.39, 0.29) is 12.3 Å². The maximum atomic E-state index is 11.2. The van der Waals surface area contributed by atoms with Gasteiger partial charge in [0.15, 0.2) is 0 Å². The molecule has 16 heavy (non-hydrogen) atoms. The summed E-state index contributed by atoms with van der Waals surface area (Å²) in [7, 11) is 0. The van der Waals surface area contributed by atoms with Crippen molar-refractivity contribution in [1.82, 2.24) is 10.3 Å². The molecular formula is C11H16N2O3. The third-order valence-corrected chi connectivity index (χ3v) is 2.01. The Morgan fingerprint density at radius 2 is 2.31 bits per heavy atom. The first-order valence-corrected chi connectivity index (χ1v) is 5.26. The topological polar surface area (TPSA) is 71.2 Å². The van der Waals surface area contributed by atoms with E-state index in [0.717, 1.165) is 12.0 Å². The van der Waals surface area contributed by atoms with Gasteiger partial charge in [-0.15, -0.1) is 0 Å². The fourth-order valence-electron chi connectivity index (χ4n) is 1.27. The van der Waals surface area contributed by atoms with E-state index in [1.165, 1.54) is 0 Å². The standard InChI is InChI=1S/C11H16N2O3/c1-2-16-11(15)7-10(14)13-6-4-9-3-5-12-8-9/h3,5,8,12H,2,4,6-7H2,1H3,(H,13,14). The zero-order valence-electron chi connectivity index (χ0n) is 9.29. The lowest BCUT2D eigenvalue weighted by molar-refractivity contribution is -0.145. The summed E-state index contributed by atoms with van der Waals surface area (Å²) >= 11 is 0. The smallest absolute Gasteiger partial charge is 0.315 e. The van der Waals surface area contributed by atoms with Crippen molar-refractivity contribution in [2.45, 2.75) is 19.8 Å². The van der Waals surface area contributed by atoms with Gasteiger partial charge in [0.2, 0.25) is 5.91 Å². The molecule has 5 heteroatoms. The normalized spacial score (nSPS) is 9.81. The molecule has 0 saturated heterocycles. The highest BCUT2D eigenvalue weighted by molar-refractivity contribution is 5.94. The van der Waals surface area contributed by atoms with Crippen LogP contribution in [0.5, 0.6) is 0 Å². The molecule has 0 unspecified atom stereocenters. The number of hydrogen-bond acceptors (Lipinski definition) is 3. The minimum absolute atomic E-state index is 0.207. The number of H-pyrrole nitrogens is 1. The Kier molecular flexibility index (Phi) is 5.11. The summed E-state index contributed by atoms with van der Waals surface area (Å²) in [6.07, 6.45) is 4.24. The van der Waals surface area contributed by atoms with Gasteiger partial charge in [0, 0.05) is 18.9 Å². The summed E-state index contributed by atoms with van der Waals surface area (Å²) in [4.78, 5) is 25.1. The van der Waals surface area contributed by atoms with Crippen molar-refractivity contribution in [3.8, 4) is 0 Å². The molecule has 0 radical (unpaired) electrons. The zero-order chi connectivity index (χ0) is 11.8. The molecule has 0 atom stereocenters. The SMILES string of the molecule is CCOC(=O)CC(=O)NCCc1cc[nH]c1. The highest BCUT2D eigenvalue weighted by atomic mass is 16.5. The van der Waals surface area contributed by atoms with Crippen LogP contribution in [0.2, 0.25) is 0 Å². The number of nitrogens with one attached hydrogen (secondary N) is 2. The second-order valence-electron chi connectivity index (χ2n) is 3.30. The summed E-state index contributed by atoms with van der Waals surface area (Å²) in [5.74, 6) is -0.782. The van der Waals surface area contributed by atoms with Gasteiger partial charge in [0.05, 0.1) is 6.61 Å². The fourth-order valence-corrected chi connectivity index (χ4v) is 1.27. The van der Waals surface area contributed by atoms with Gasteiger partial charge >= 0.3 is 5.97 Å². The maximum absolute atomic E-state index is 11.2. The van der Waals surface area contributed by atoms with Gasteiger partial charge in [-0.1, -0.05) is 0 Å². The van der Waals surface area contributed by atoms with Gasteiger partial charge in [-0.25, -0.2) is 0 Å². The molecule has 0 aliphatic carbocycles. The number of rotatable bonds is 6. The Balaban J connectivity index is 2.13. The minimum atomic E-state index is -0.485. The van der Waals surface area contributed by atoms with Crippen LogP contribution in [0.15, 0.2) is 18.5 Å². The Bertz CT molecular complexity index is 333. The van der Waals surface area contributed by atoms with Gasteiger partial charge in [-0.3, -0.25) is 9.59 Å². The van der Waals surface area contributed by atoms with Gasteiger partial charge in [0.25, 0.3) is 0 Å². The van der Waals surface area contributed by atoms with Crippen molar-refractivity contribution in [1.29, 1.82) is 0 Å². The lowest BCUT2D eigenvalue weighted by Crippen LogP contribution is -2.28. The van der Waals surface area contributed by atoms with Crippen molar-refractivity contribution >= 4 is 11.9 Å². The average Bonchev–Trinajstić information content (AvgIpc) is 2.70. The van der Waals surface area contributed by atoms with Crippen molar-refractivity contribution in [3.05, 3.63) is 24.0 Å². The molecule has 1 amide bonds. The van der Waals surface area contributed by atoms with Gasteiger partial charge < -0.3 is 15.0 Å². The lowest BCUT2D eigenvalue weighted by Gasteiger charge is -2.04. The number of aromatic amines is 1. The van der Waals surface area contributed by atoms with E-state index in [0.29, 0.717) is 13.2 Å². The third-order valence-electron chi connectivity index (χ3n) is 2.01. The third kappa shape index (κ3) is 4.63. The molecule has 0 aliphatic rings. The molecule has 0 spiro atoms. The molecule has 0 fully saturated rings. The summed E-state index contributed by atoms with van der Waals surface area (Å²) in [5, 5.41) is 2.66. The molecule has 1 rings (SSSR count). The Labute approximate surface area is 94.2 Å². The maximum Gasteiger partial charge on any atom is 0.315 e. The van der Waals surface area contributed by atoms with Crippen LogP contribution in [0.4, 0.5) is 0 Å². The highest BCUT2D eigenvalue weighted by Gasteiger charge is 2.08. The second kappa shape index (κ2) is 6.66. The van der Waals surface area contributed by atoms with Gasteiger partial charge in [0.1, 0.15) is 6.42 Å². The molecule has 1 heterocycles. The van der Waals surface area contributed by atoms with Crippen LogP contribution in [0.25, 0.3) is 0 Å². The van der Waals surface area contributed by atoms with E-state index in [2.05, 4.69) is 15.0 Å². The van der Waals surface area contributed by atoms with Crippen molar-refractivity contribution in [2.75, 3.05) is 13.2 Å². The summed E-state index contributed by atoms with van der Waals surface area (Å²) in [6.45, 7) is 2.53. The quantitative estimate of drug-likeness (QED) is 0.550. The van der Waals surface area contributed by atoms with Crippen LogP contribution in [-0.2, 0) is 20.7 Å². The van der Waals surface area contributed by atoms with Crippen LogP contribution < -0.4 is 5.32 Å². The number of carbonyl (C=O) groups excluding carboxylic acids is 2. The Morgan fingerprint density at radius 1 is 1.50 bits per heavy atom. The number of hydrogen-bond donors (Lipinski definition) is 2. The van der Waals surface area contributed by atoms with Crippen molar-refractivity contribution in [3.63, 3.8) is 0 Å². The first kappa shape index (κ1) is 12.3. The van der Waals surface area contributed by atoms with E-state index in [4.69, 9.17) is 0 Å². The molecule has 1 aromatic heterocycles. The molecule has 0 aromatic carbocycles. The summed E-state index contributed by atoms with van der Waals surface area (Å²) in [6, 6.07) is 1.94. The first-order chi connectivity index (χ1) is 7.72. The average molecular weight is 224 g/mol. The molecule has 0 aliphatic heterocycles. The van der Waals surface area contributed by atoms with Crippen molar-refractivity contribution < 1.29 is 14.3 Å². The van der Waals surface area contributed by atoms with Gasteiger partial charge in [-0.05, 0) is 25.0 Å². The van der Waals surface area contributed by atoms with E-state index in [1.54, 1.807) is 6.92 Å². The molecule has 0 saturated carbocycles. The van der Waals surface area contributed by atoms with Gasteiger partial charge in [-0.2, -0.15) is 0 Å². The molecule has 0 bridgehead atoms. The molecule has 2 N–H and O–H groups in total. The molecular weight excluding hydrogens is 208 g/mol. The van der Waals surface area contributed by atoms with E-state index < -0.39 is 5.97 Å². The van der Waals surface area contributed by atoms with Crippen LogP contribution >= 0.6 is 0 Å².